The highest BCUT2D eigenvalue weighted by molar-refractivity contribution is 5.95. The topological polar surface area (TPSA) is 91.0 Å². The fourth-order valence-electron chi connectivity index (χ4n) is 3.74. The zero-order valence-electron chi connectivity index (χ0n) is 17.0. The molecular formula is C23H25N5O2. The number of amides is 2. The SMILES string of the molecule is CCc1cccc(NC(=O)[C@H]2CCCN(C(=O)c3cc(-c4ccccn4)n[nH]3)C2)c1. The van der Waals surface area contributed by atoms with E-state index in [1.807, 2.05) is 42.5 Å². The molecule has 30 heavy (non-hydrogen) atoms. The zero-order valence-corrected chi connectivity index (χ0v) is 17.0. The average Bonchev–Trinajstić information content (AvgIpc) is 3.30. The summed E-state index contributed by atoms with van der Waals surface area (Å²) < 4.78 is 0. The van der Waals surface area contributed by atoms with Crippen LogP contribution in [0.4, 0.5) is 5.69 Å². The summed E-state index contributed by atoms with van der Waals surface area (Å²) in [6.45, 7) is 3.11. The number of pyridine rings is 1. The molecule has 1 atom stereocenters. The second kappa shape index (κ2) is 8.90. The summed E-state index contributed by atoms with van der Waals surface area (Å²) >= 11 is 0. The van der Waals surface area contributed by atoms with Gasteiger partial charge < -0.3 is 10.2 Å². The van der Waals surface area contributed by atoms with Crippen molar-refractivity contribution in [1.29, 1.82) is 0 Å². The average molecular weight is 403 g/mol. The molecule has 0 radical (unpaired) electrons. The van der Waals surface area contributed by atoms with Crippen LogP contribution in [0.2, 0.25) is 0 Å². The van der Waals surface area contributed by atoms with Gasteiger partial charge in [-0.25, -0.2) is 0 Å². The Bertz CT molecular complexity index is 1030. The first-order chi connectivity index (χ1) is 14.6. The van der Waals surface area contributed by atoms with Crippen LogP contribution in [0.15, 0.2) is 54.7 Å². The molecule has 2 N–H and O–H groups in total. The molecule has 0 spiro atoms. The Morgan fingerprint density at radius 3 is 2.87 bits per heavy atom. The van der Waals surface area contributed by atoms with Crippen LogP contribution in [0.25, 0.3) is 11.4 Å². The highest BCUT2D eigenvalue weighted by Gasteiger charge is 2.30. The number of H-pyrrole nitrogens is 1. The van der Waals surface area contributed by atoms with E-state index < -0.39 is 0 Å². The van der Waals surface area contributed by atoms with Crippen molar-refractivity contribution in [3.05, 3.63) is 66.0 Å². The summed E-state index contributed by atoms with van der Waals surface area (Å²) in [5, 5.41) is 10.0. The van der Waals surface area contributed by atoms with Crippen LogP contribution in [0.3, 0.4) is 0 Å². The van der Waals surface area contributed by atoms with E-state index in [0.29, 0.717) is 30.2 Å². The summed E-state index contributed by atoms with van der Waals surface area (Å²) in [4.78, 5) is 31.7. The molecule has 1 saturated heterocycles. The Labute approximate surface area is 175 Å². The molecule has 4 rings (SSSR count). The maximum absolute atomic E-state index is 13.0. The lowest BCUT2D eigenvalue weighted by molar-refractivity contribution is -0.121. The van der Waals surface area contributed by atoms with Gasteiger partial charge in [0.1, 0.15) is 11.4 Å². The first kappa shape index (κ1) is 19.8. The van der Waals surface area contributed by atoms with Gasteiger partial charge >= 0.3 is 0 Å². The van der Waals surface area contributed by atoms with E-state index >= 15 is 0 Å². The lowest BCUT2D eigenvalue weighted by Gasteiger charge is -2.31. The number of hydrogen-bond acceptors (Lipinski definition) is 4. The Morgan fingerprint density at radius 1 is 1.17 bits per heavy atom. The standard InChI is InChI=1S/C23H25N5O2/c1-2-16-7-5-9-18(13-16)25-22(29)17-8-6-12-28(15-17)23(30)21-14-20(26-27-21)19-10-3-4-11-24-19/h3-5,7,9-11,13-14,17H,2,6,8,12,15H2,1H3,(H,25,29)(H,26,27)/t17-/m0/s1. The molecular weight excluding hydrogens is 378 g/mol. The van der Waals surface area contributed by atoms with E-state index in [4.69, 9.17) is 0 Å². The lowest BCUT2D eigenvalue weighted by atomic mass is 9.96. The molecule has 1 aromatic carbocycles. The minimum atomic E-state index is -0.230. The van der Waals surface area contributed by atoms with Crippen LogP contribution < -0.4 is 5.32 Å². The van der Waals surface area contributed by atoms with Gasteiger partial charge in [-0.15, -0.1) is 0 Å². The molecule has 7 nitrogen and oxygen atoms in total. The van der Waals surface area contributed by atoms with E-state index in [-0.39, 0.29) is 17.7 Å². The van der Waals surface area contributed by atoms with Gasteiger partial charge in [0.05, 0.1) is 11.6 Å². The second-order valence-corrected chi connectivity index (χ2v) is 7.52. The normalized spacial score (nSPS) is 16.3. The van der Waals surface area contributed by atoms with Crippen molar-refractivity contribution in [3.63, 3.8) is 0 Å². The van der Waals surface area contributed by atoms with Crippen LogP contribution in [-0.4, -0.2) is 45.0 Å². The van der Waals surface area contributed by atoms with Gasteiger partial charge in [0, 0.05) is 25.0 Å². The summed E-state index contributed by atoms with van der Waals surface area (Å²) in [6.07, 6.45) is 4.17. The molecule has 0 bridgehead atoms. The number of aromatic nitrogens is 3. The van der Waals surface area contributed by atoms with Crippen LogP contribution in [0, 0.1) is 5.92 Å². The molecule has 0 saturated carbocycles. The van der Waals surface area contributed by atoms with Crippen LogP contribution >= 0.6 is 0 Å². The number of hydrogen-bond donors (Lipinski definition) is 2. The zero-order chi connectivity index (χ0) is 20.9. The molecule has 154 valence electrons. The van der Waals surface area contributed by atoms with Crippen molar-refractivity contribution < 1.29 is 9.59 Å². The van der Waals surface area contributed by atoms with Gasteiger partial charge in [0.25, 0.3) is 5.91 Å². The Hall–Kier alpha value is -3.48. The van der Waals surface area contributed by atoms with Crippen LogP contribution in [0.1, 0.15) is 35.8 Å². The highest BCUT2D eigenvalue weighted by atomic mass is 16.2. The van der Waals surface area contributed by atoms with Gasteiger partial charge in [-0.1, -0.05) is 25.1 Å². The third-order valence-corrected chi connectivity index (χ3v) is 5.42. The predicted octanol–water partition coefficient (Wildman–Crippen LogP) is 3.53. The second-order valence-electron chi connectivity index (χ2n) is 7.52. The van der Waals surface area contributed by atoms with Gasteiger partial charge in [0.2, 0.25) is 5.91 Å². The molecule has 1 aliphatic rings. The lowest BCUT2D eigenvalue weighted by Crippen LogP contribution is -2.43. The molecule has 1 aliphatic heterocycles. The first-order valence-corrected chi connectivity index (χ1v) is 10.3. The fourth-order valence-corrected chi connectivity index (χ4v) is 3.74. The van der Waals surface area contributed by atoms with Crippen molar-refractivity contribution in [1.82, 2.24) is 20.1 Å². The van der Waals surface area contributed by atoms with E-state index in [2.05, 4.69) is 27.4 Å². The number of anilines is 1. The van der Waals surface area contributed by atoms with E-state index in [0.717, 1.165) is 24.9 Å². The van der Waals surface area contributed by atoms with Crippen LogP contribution in [0.5, 0.6) is 0 Å². The van der Waals surface area contributed by atoms with Gasteiger partial charge in [-0.2, -0.15) is 5.10 Å². The van der Waals surface area contributed by atoms with Crippen LogP contribution in [-0.2, 0) is 11.2 Å². The summed E-state index contributed by atoms with van der Waals surface area (Å²) in [5.74, 6) is -0.416. The molecule has 2 amide bonds. The van der Waals surface area contributed by atoms with E-state index in [9.17, 15) is 9.59 Å². The summed E-state index contributed by atoms with van der Waals surface area (Å²) in [5.41, 5.74) is 3.72. The first-order valence-electron chi connectivity index (χ1n) is 10.3. The van der Waals surface area contributed by atoms with Gasteiger partial charge in [-0.05, 0) is 55.2 Å². The number of rotatable bonds is 5. The van der Waals surface area contributed by atoms with Crippen molar-refractivity contribution in [2.45, 2.75) is 26.2 Å². The summed E-state index contributed by atoms with van der Waals surface area (Å²) in [7, 11) is 0. The third kappa shape index (κ3) is 4.40. The minimum absolute atomic E-state index is 0.0421. The summed E-state index contributed by atoms with van der Waals surface area (Å²) in [6, 6.07) is 15.1. The molecule has 2 aromatic heterocycles. The number of likely N-dealkylation sites (tertiary alicyclic amines) is 1. The number of benzene rings is 1. The Balaban J connectivity index is 1.41. The van der Waals surface area contributed by atoms with Crippen molar-refractivity contribution >= 4 is 17.5 Å². The van der Waals surface area contributed by atoms with Gasteiger partial charge in [-0.3, -0.25) is 19.7 Å². The monoisotopic (exact) mass is 403 g/mol. The maximum Gasteiger partial charge on any atom is 0.271 e. The number of carbonyl (C=O) groups is 2. The Morgan fingerprint density at radius 2 is 2.07 bits per heavy atom. The minimum Gasteiger partial charge on any atom is -0.337 e. The number of nitrogens with one attached hydrogen (secondary N) is 2. The number of aryl methyl sites for hydroxylation is 1. The number of nitrogens with zero attached hydrogens (tertiary/aromatic N) is 3. The van der Waals surface area contributed by atoms with Crippen molar-refractivity contribution in [2.24, 2.45) is 5.92 Å². The largest absolute Gasteiger partial charge is 0.337 e. The highest BCUT2D eigenvalue weighted by Crippen LogP contribution is 2.22. The third-order valence-electron chi connectivity index (χ3n) is 5.42. The number of aromatic amines is 1. The van der Waals surface area contributed by atoms with Gasteiger partial charge in [0.15, 0.2) is 0 Å². The smallest absolute Gasteiger partial charge is 0.271 e. The van der Waals surface area contributed by atoms with E-state index in [1.165, 1.54) is 5.56 Å². The molecule has 1 fully saturated rings. The predicted molar refractivity (Wildman–Crippen MR) is 115 cm³/mol. The number of piperidine rings is 1. The molecule has 0 aliphatic carbocycles. The Kier molecular flexibility index (Phi) is 5.88. The van der Waals surface area contributed by atoms with Crippen molar-refractivity contribution in [2.75, 3.05) is 18.4 Å². The van der Waals surface area contributed by atoms with E-state index in [1.54, 1.807) is 17.2 Å². The quantitative estimate of drug-likeness (QED) is 0.682. The molecule has 0 unspecified atom stereocenters. The van der Waals surface area contributed by atoms with Crippen molar-refractivity contribution in [3.8, 4) is 11.4 Å². The fraction of sp³-hybridized carbons (Fsp3) is 0.304. The maximum atomic E-state index is 13.0. The molecule has 7 heteroatoms. The number of carbonyl (C=O) groups excluding carboxylic acids is 2. The molecule has 3 heterocycles. The molecule has 3 aromatic rings.